The van der Waals surface area contributed by atoms with Gasteiger partial charge in [0.2, 0.25) is 5.91 Å². The Morgan fingerprint density at radius 1 is 1.04 bits per heavy atom. The molecule has 0 radical (unpaired) electrons. The average Bonchev–Trinajstić information content (AvgIpc) is 3.03. The molecule has 5 nitrogen and oxygen atoms in total. The van der Waals surface area contributed by atoms with E-state index in [0.717, 1.165) is 16.5 Å². The van der Waals surface area contributed by atoms with Gasteiger partial charge in [-0.25, -0.2) is 0 Å². The molecule has 0 fully saturated rings. The monoisotopic (exact) mass is 375 g/mol. The molecule has 3 N–H and O–H groups in total. The van der Waals surface area contributed by atoms with Crippen molar-refractivity contribution in [1.29, 1.82) is 0 Å². The molecule has 3 aromatic rings. The van der Waals surface area contributed by atoms with Crippen molar-refractivity contribution in [2.24, 2.45) is 0 Å². The predicted octanol–water partition coefficient (Wildman–Crippen LogP) is 3.49. The molecule has 0 aliphatic heterocycles. The van der Waals surface area contributed by atoms with Gasteiger partial charge < -0.3 is 4.98 Å². The van der Waals surface area contributed by atoms with E-state index in [1.165, 1.54) is 24.3 Å². The van der Waals surface area contributed by atoms with Gasteiger partial charge in [0.1, 0.15) is 0 Å². The highest BCUT2D eigenvalue weighted by molar-refractivity contribution is 7.99. The average molecular weight is 375 g/mol. The van der Waals surface area contributed by atoms with Crippen LogP contribution in [0, 0.1) is 0 Å². The number of rotatable bonds is 5. The first-order valence-corrected chi connectivity index (χ1v) is 8.60. The number of halogens is 2. The maximum absolute atomic E-state index is 12.3. The number of H-pyrrole nitrogens is 1. The van der Waals surface area contributed by atoms with Crippen molar-refractivity contribution >= 4 is 34.5 Å². The molecule has 0 aliphatic carbocycles. The molecule has 2 aromatic carbocycles. The number of hydrazine groups is 1. The Balaban J connectivity index is 1.54. The summed E-state index contributed by atoms with van der Waals surface area (Å²) in [4.78, 5) is 27.5. The summed E-state index contributed by atoms with van der Waals surface area (Å²) in [5, 5.41) is 0.945. The van der Waals surface area contributed by atoms with Crippen molar-refractivity contribution in [1.82, 2.24) is 15.8 Å². The number of fused-ring (bicyclic) bond motifs is 1. The molecule has 3 rings (SSSR count). The number of alkyl halides is 2. The fourth-order valence-corrected chi connectivity index (χ4v) is 2.98. The molecule has 0 atom stereocenters. The number of benzene rings is 2. The predicted molar refractivity (Wildman–Crippen MR) is 95.9 cm³/mol. The van der Waals surface area contributed by atoms with Gasteiger partial charge in [-0.15, -0.1) is 0 Å². The van der Waals surface area contributed by atoms with Crippen molar-refractivity contribution in [3.8, 4) is 0 Å². The van der Waals surface area contributed by atoms with Gasteiger partial charge in [-0.2, -0.15) is 8.78 Å². The SMILES string of the molecule is O=C(Cc1c[nH]c2ccccc12)NNC(=O)c1ccc(SC(F)F)cc1. The van der Waals surface area contributed by atoms with E-state index in [2.05, 4.69) is 15.8 Å². The molecule has 26 heavy (non-hydrogen) atoms. The summed E-state index contributed by atoms with van der Waals surface area (Å²) in [5.74, 6) is -3.41. The lowest BCUT2D eigenvalue weighted by molar-refractivity contribution is -0.121. The summed E-state index contributed by atoms with van der Waals surface area (Å²) in [5.41, 5.74) is 6.68. The summed E-state index contributed by atoms with van der Waals surface area (Å²) >= 11 is 0.402. The van der Waals surface area contributed by atoms with Gasteiger partial charge in [0.25, 0.3) is 11.7 Å². The van der Waals surface area contributed by atoms with Crippen molar-refractivity contribution in [2.75, 3.05) is 0 Å². The Bertz CT molecular complexity index is 926. The number of carbonyl (C=O) groups excluding carboxylic acids is 2. The van der Waals surface area contributed by atoms with E-state index in [4.69, 9.17) is 0 Å². The normalized spacial score (nSPS) is 10.9. The molecule has 1 aromatic heterocycles. The Hall–Kier alpha value is -2.87. The van der Waals surface area contributed by atoms with E-state index >= 15 is 0 Å². The lowest BCUT2D eigenvalue weighted by atomic mass is 10.1. The second-order valence-electron chi connectivity index (χ2n) is 5.44. The lowest BCUT2D eigenvalue weighted by Gasteiger charge is -2.08. The van der Waals surface area contributed by atoms with E-state index < -0.39 is 11.7 Å². The third-order valence-corrected chi connectivity index (χ3v) is 4.41. The third kappa shape index (κ3) is 4.40. The van der Waals surface area contributed by atoms with E-state index in [-0.39, 0.29) is 17.9 Å². The van der Waals surface area contributed by atoms with Crippen LogP contribution in [-0.2, 0) is 11.2 Å². The molecule has 0 aliphatic rings. The van der Waals surface area contributed by atoms with Crippen LogP contribution in [0.2, 0.25) is 0 Å². The highest BCUT2D eigenvalue weighted by Gasteiger charge is 2.11. The molecule has 0 unspecified atom stereocenters. The summed E-state index contributed by atoms with van der Waals surface area (Å²) in [7, 11) is 0. The van der Waals surface area contributed by atoms with Crippen molar-refractivity contribution in [3.05, 3.63) is 65.9 Å². The van der Waals surface area contributed by atoms with Crippen LogP contribution in [0.25, 0.3) is 10.9 Å². The number of aromatic nitrogens is 1. The molecule has 0 bridgehead atoms. The van der Waals surface area contributed by atoms with Gasteiger partial charge in [-0.1, -0.05) is 30.0 Å². The van der Waals surface area contributed by atoms with E-state index in [9.17, 15) is 18.4 Å². The molecule has 1 heterocycles. The third-order valence-electron chi connectivity index (χ3n) is 3.68. The second kappa shape index (κ2) is 8.01. The maximum Gasteiger partial charge on any atom is 0.288 e. The van der Waals surface area contributed by atoms with Crippen LogP contribution in [0.15, 0.2) is 59.6 Å². The minimum Gasteiger partial charge on any atom is -0.361 e. The standard InChI is InChI=1S/C18H15F2N3O2S/c19-18(20)26-13-7-5-11(6-8-13)17(25)23-22-16(24)9-12-10-21-15-4-2-1-3-14(12)15/h1-8,10,18,21H,9H2,(H,22,24)(H,23,25). The fraction of sp³-hybridized carbons (Fsp3) is 0.111. The topological polar surface area (TPSA) is 74.0 Å². The van der Waals surface area contributed by atoms with Gasteiger partial charge >= 0.3 is 0 Å². The minimum atomic E-state index is -2.52. The van der Waals surface area contributed by atoms with Crippen molar-refractivity contribution < 1.29 is 18.4 Å². The maximum atomic E-state index is 12.3. The van der Waals surface area contributed by atoms with Gasteiger partial charge in [0, 0.05) is 27.6 Å². The molecule has 0 spiro atoms. The number of hydrogen-bond acceptors (Lipinski definition) is 3. The Morgan fingerprint density at radius 2 is 1.77 bits per heavy atom. The van der Waals surface area contributed by atoms with Crippen LogP contribution >= 0.6 is 11.8 Å². The zero-order chi connectivity index (χ0) is 18.5. The van der Waals surface area contributed by atoms with Crippen LogP contribution in [0.1, 0.15) is 15.9 Å². The number of nitrogens with one attached hydrogen (secondary N) is 3. The van der Waals surface area contributed by atoms with Crippen molar-refractivity contribution in [3.63, 3.8) is 0 Å². The summed E-state index contributed by atoms with van der Waals surface area (Å²) in [6.45, 7) is 0. The van der Waals surface area contributed by atoms with Crippen LogP contribution < -0.4 is 10.9 Å². The quantitative estimate of drug-likeness (QED) is 0.472. The molecule has 2 amide bonds. The first-order chi connectivity index (χ1) is 12.5. The number of amides is 2. The lowest BCUT2D eigenvalue weighted by Crippen LogP contribution is -2.42. The molecular formula is C18H15F2N3O2S. The Kier molecular flexibility index (Phi) is 5.52. The number of thioether (sulfide) groups is 1. The van der Waals surface area contributed by atoms with Gasteiger partial charge in [0.05, 0.1) is 6.42 Å². The highest BCUT2D eigenvalue weighted by Crippen LogP contribution is 2.25. The van der Waals surface area contributed by atoms with Crippen LogP contribution in [0.3, 0.4) is 0 Å². The van der Waals surface area contributed by atoms with Crippen LogP contribution in [-0.4, -0.2) is 22.6 Å². The van der Waals surface area contributed by atoms with Gasteiger partial charge in [0.15, 0.2) is 0 Å². The number of hydrogen-bond donors (Lipinski definition) is 3. The molecular weight excluding hydrogens is 360 g/mol. The largest absolute Gasteiger partial charge is 0.361 e. The Morgan fingerprint density at radius 3 is 2.50 bits per heavy atom. The molecule has 134 valence electrons. The van der Waals surface area contributed by atoms with Crippen LogP contribution in [0.4, 0.5) is 8.78 Å². The highest BCUT2D eigenvalue weighted by atomic mass is 32.2. The second-order valence-corrected chi connectivity index (χ2v) is 6.50. The van der Waals surface area contributed by atoms with Crippen LogP contribution in [0.5, 0.6) is 0 Å². The first-order valence-electron chi connectivity index (χ1n) is 7.72. The zero-order valence-corrected chi connectivity index (χ0v) is 14.3. The minimum absolute atomic E-state index is 0.105. The van der Waals surface area contributed by atoms with Gasteiger partial charge in [-0.05, 0) is 35.9 Å². The summed E-state index contributed by atoms with van der Waals surface area (Å²) in [6.07, 6.45) is 1.86. The summed E-state index contributed by atoms with van der Waals surface area (Å²) in [6, 6.07) is 13.3. The van der Waals surface area contributed by atoms with E-state index in [0.29, 0.717) is 16.7 Å². The summed E-state index contributed by atoms with van der Waals surface area (Å²) < 4.78 is 24.6. The molecule has 8 heteroatoms. The Labute approximate surface area is 152 Å². The van der Waals surface area contributed by atoms with Crippen molar-refractivity contribution in [2.45, 2.75) is 17.1 Å². The molecule has 0 saturated carbocycles. The van der Waals surface area contributed by atoms with E-state index in [1.54, 1.807) is 6.20 Å². The smallest absolute Gasteiger partial charge is 0.288 e. The molecule has 0 saturated heterocycles. The number of aromatic amines is 1. The zero-order valence-electron chi connectivity index (χ0n) is 13.5. The number of para-hydroxylation sites is 1. The fourth-order valence-electron chi connectivity index (χ4n) is 2.48. The van der Waals surface area contributed by atoms with Gasteiger partial charge in [-0.3, -0.25) is 20.4 Å². The first kappa shape index (κ1) is 17.9. The number of carbonyl (C=O) groups is 2. The van der Waals surface area contributed by atoms with E-state index in [1.807, 2.05) is 24.3 Å².